The van der Waals surface area contributed by atoms with Crippen molar-refractivity contribution in [2.75, 3.05) is 6.61 Å². The fourth-order valence-electron chi connectivity index (χ4n) is 4.46. The number of carbonyl (C=O) groups excluding carboxylic acids is 2. The van der Waals surface area contributed by atoms with E-state index < -0.39 is 23.0 Å². The lowest BCUT2D eigenvalue weighted by Gasteiger charge is -2.39. The Morgan fingerprint density at radius 2 is 1.81 bits per heavy atom. The first-order valence-corrected chi connectivity index (χ1v) is 10.2. The van der Waals surface area contributed by atoms with Crippen molar-refractivity contribution in [2.45, 2.75) is 31.3 Å². The molecule has 0 aliphatic heterocycles. The minimum Gasteiger partial charge on any atom is -0.484 e. The Balaban J connectivity index is 1.25. The zero-order valence-electron chi connectivity index (χ0n) is 16.4. The number of amides is 2. The first-order chi connectivity index (χ1) is 14.7. The van der Waals surface area contributed by atoms with Crippen LogP contribution in [0.3, 0.4) is 0 Å². The molecular formula is C22H20ClF3N2O3. The lowest BCUT2D eigenvalue weighted by molar-refractivity contribution is -0.126. The summed E-state index contributed by atoms with van der Waals surface area (Å²) in [6, 6.07) is 7.42. The fourth-order valence-corrected chi connectivity index (χ4v) is 4.58. The summed E-state index contributed by atoms with van der Waals surface area (Å²) >= 11 is 5.62. The van der Waals surface area contributed by atoms with Gasteiger partial charge >= 0.3 is 0 Å². The van der Waals surface area contributed by atoms with Crippen molar-refractivity contribution in [1.29, 1.82) is 0 Å². The van der Waals surface area contributed by atoms with Crippen molar-refractivity contribution in [1.82, 2.24) is 10.6 Å². The van der Waals surface area contributed by atoms with Crippen molar-refractivity contribution in [2.24, 2.45) is 11.8 Å². The number of carbonyl (C=O) groups is 2. The molecule has 31 heavy (non-hydrogen) atoms. The molecule has 2 aromatic carbocycles. The molecule has 0 unspecified atom stereocenters. The molecule has 0 spiro atoms. The summed E-state index contributed by atoms with van der Waals surface area (Å²) in [7, 11) is 0. The van der Waals surface area contributed by atoms with Crippen LogP contribution < -0.4 is 15.4 Å². The van der Waals surface area contributed by atoms with Crippen LogP contribution in [-0.2, 0) is 16.1 Å². The van der Waals surface area contributed by atoms with E-state index in [1.54, 1.807) is 0 Å². The lowest BCUT2D eigenvalue weighted by atomic mass is 9.76. The number of nitrogens with one attached hydrogen (secondary N) is 2. The third-order valence-electron chi connectivity index (χ3n) is 5.94. The third-order valence-corrected chi connectivity index (χ3v) is 6.25. The van der Waals surface area contributed by atoms with E-state index in [4.69, 9.17) is 16.3 Å². The molecule has 3 aliphatic carbocycles. The Hall–Kier alpha value is -2.74. The molecule has 2 N–H and O–H groups in total. The summed E-state index contributed by atoms with van der Waals surface area (Å²) in [4.78, 5) is 24.8. The SMILES string of the molecule is O=C(COc1ccc(Cl)c(F)c1)NC12CC(C1)[C@H](C(=O)NCc1ccc(F)c(F)c1)C2. The predicted molar refractivity (Wildman–Crippen MR) is 107 cm³/mol. The number of halogens is 4. The molecule has 3 aliphatic rings. The van der Waals surface area contributed by atoms with Crippen LogP contribution in [0, 0.1) is 29.3 Å². The molecule has 164 valence electrons. The molecule has 2 bridgehead atoms. The molecule has 0 heterocycles. The molecule has 5 nitrogen and oxygen atoms in total. The maximum Gasteiger partial charge on any atom is 0.258 e. The summed E-state index contributed by atoms with van der Waals surface area (Å²) in [5.41, 5.74) is 0.0248. The molecule has 1 atom stereocenters. The van der Waals surface area contributed by atoms with Gasteiger partial charge in [-0.25, -0.2) is 13.2 Å². The highest BCUT2D eigenvalue weighted by Gasteiger charge is 2.58. The Morgan fingerprint density at radius 1 is 1.03 bits per heavy atom. The van der Waals surface area contributed by atoms with Crippen molar-refractivity contribution >= 4 is 23.4 Å². The van der Waals surface area contributed by atoms with Gasteiger partial charge in [0.1, 0.15) is 11.6 Å². The van der Waals surface area contributed by atoms with Gasteiger partial charge in [0.15, 0.2) is 18.2 Å². The predicted octanol–water partition coefficient (Wildman–Crippen LogP) is 3.74. The van der Waals surface area contributed by atoms with Crippen molar-refractivity contribution in [3.05, 3.63) is 64.4 Å². The number of rotatable bonds is 7. The van der Waals surface area contributed by atoms with Gasteiger partial charge in [0.05, 0.1) is 5.02 Å². The Kier molecular flexibility index (Phi) is 5.83. The molecular weight excluding hydrogens is 433 g/mol. The maximum atomic E-state index is 13.4. The van der Waals surface area contributed by atoms with Gasteiger partial charge in [-0.2, -0.15) is 0 Å². The normalized spacial score (nSPS) is 23.7. The number of hydrogen-bond donors (Lipinski definition) is 2. The van der Waals surface area contributed by atoms with E-state index in [2.05, 4.69) is 10.6 Å². The monoisotopic (exact) mass is 452 g/mol. The van der Waals surface area contributed by atoms with Gasteiger partial charge in [-0.05, 0) is 55.0 Å². The summed E-state index contributed by atoms with van der Waals surface area (Å²) in [6.07, 6.45) is 1.89. The zero-order chi connectivity index (χ0) is 22.2. The largest absolute Gasteiger partial charge is 0.484 e. The summed E-state index contributed by atoms with van der Waals surface area (Å²) in [6.45, 7) is -0.176. The van der Waals surface area contributed by atoms with E-state index in [1.807, 2.05) is 0 Å². The molecule has 0 aromatic heterocycles. The first kappa shape index (κ1) is 21.5. The second-order valence-electron chi connectivity index (χ2n) is 8.14. The van der Waals surface area contributed by atoms with Gasteiger partial charge < -0.3 is 15.4 Å². The molecule has 2 amide bonds. The molecule has 0 saturated heterocycles. The summed E-state index contributed by atoms with van der Waals surface area (Å²) < 4.78 is 45.0. The quantitative estimate of drug-likeness (QED) is 0.672. The lowest BCUT2D eigenvalue weighted by Crippen LogP contribution is -2.53. The fraction of sp³-hybridized carbons (Fsp3) is 0.364. The van der Waals surface area contributed by atoms with Crippen molar-refractivity contribution in [3.63, 3.8) is 0 Å². The number of ether oxygens (including phenoxy) is 1. The first-order valence-electron chi connectivity index (χ1n) is 9.85. The van der Waals surface area contributed by atoms with Crippen LogP contribution >= 0.6 is 11.6 Å². The second-order valence-corrected chi connectivity index (χ2v) is 8.55. The van der Waals surface area contributed by atoms with E-state index in [1.165, 1.54) is 18.2 Å². The van der Waals surface area contributed by atoms with E-state index in [9.17, 15) is 22.8 Å². The van der Waals surface area contributed by atoms with Crippen LogP contribution in [-0.4, -0.2) is 24.0 Å². The minimum absolute atomic E-state index is 0.0314. The zero-order valence-corrected chi connectivity index (χ0v) is 17.1. The van der Waals surface area contributed by atoms with Crippen LogP contribution in [0.25, 0.3) is 0 Å². The van der Waals surface area contributed by atoms with Gasteiger partial charge in [0, 0.05) is 24.1 Å². The van der Waals surface area contributed by atoms with Gasteiger partial charge in [-0.15, -0.1) is 0 Å². The standard InChI is InChI=1S/C22H20ClF3N2O3/c23-16-3-2-14(6-18(16)25)31-11-20(29)28-22-7-13(8-22)15(9-22)21(30)27-10-12-1-4-17(24)19(26)5-12/h1-6,13,15H,7-11H2,(H,27,30)(H,28,29)/t13?,15-,22?/m1/s1. The Labute approximate surface area is 181 Å². The second kappa shape index (κ2) is 8.42. The van der Waals surface area contributed by atoms with Crippen LogP contribution in [0.1, 0.15) is 24.8 Å². The highest BCUT2D eigenvalue weighted by molar-refractivity contribution is 6.30. The average molecular weight is 453 g/mol. The minimum atomic E-state index is -0.958. The van der Waals surface area contributed by atoms with E-state index in [0.717, 1.165) is 18.2 Å². The average Bonchev–Trinajstić information content (AvgIpc) is 3.25. The topological polar surface area (TPSA) is 67.4 Å². The van der Waals surface area contributed by atoms with Gasteiger partial charge in [-0.3, -0.25) is 9.59 Å². The maximum absolute atomic E-state index is 13.4. The Bertz CT molecular complexity index is 1030. The van der Waals surface area contributed by atoms with Crippen LogP contribution in [0.15, 0.2) is 36.4 Å². The molecule has 2 aromatic rings. The van der Waals surface area contributed by atoms with Crippen LogP contribution in [0.5, 0.6) is 5.75 Å². The van der Waals surface area contributed by atoms with Gasteiger partial charge in [0.25, 0.3) is 5.91 Å². The molecule has 5 rings (SSSR count). The third kappa shape index (κ3) is 4.63. The van der Waals surface area contributed by atoms with Gasteiger partial charge in [0.2, 0.25) is 5.91 Å². The highest BCUT2D eigenvalue weighted by atomic mass is 35.5. The number of benzene rings is 2. The van der Waals surface area contributed by atoms with Gasteiger partial charge in [-0.1, -0.05) is 17.7 Å². The van der Waals surface area contributed by atoms with E-state index >= 15 is 0 Å². The Morgan fingerprint density at radius 3 is 2.52 bits per heavy atom. The van der Waals surface area contributed by atoms with Crippen molar-refractivity contribution < 1.29 is 27.5 Å². The molecule has 3 saturated carbocycles. The van der Waals surface area contributed by atoms with E-state index in [0.29, 0.717) is 24.8 Å². The van der Waals surface area contributed by atoms with Crippen LogP contribution in [0.2, 0.25) is 5.02 Å². The highest BCUT2D eigenvalue weighted by Crippen LogP contribution is 2.55. The number of fused-ring (bicyclic) bond motifs is 1. The molecule has 3 fully saturated rings. The smallest absolute Gasteiger partial charge is 0.258 e. The van der Waals surface area contributed by atoms with Crippen molar-refractivity contribution in [3.8, 4) is 5.75 Å². The summed E-state index contributed by atoms with van der Waals surface area (Å²) in [5.74, 6) is -2.94. The molecule has 9 heteroatoms. The molecule has 0 radical (unpaired) electrons. The van der Waals surface area contributed by atoms with E-state index in [-0.39, 0.29) is 47.6 Å². The van der Waals surface area contributed by atoms with Crippen LogP contribution in [0.4, 0.5) is 13.2 Å². The summed E-state index contributed by atoms with van der Waals surface area (Å²) in [5, 5.41) is 5.66. The number of hydrogen-bond acceptors (Lipinski definition) is 3.